The maximum absolute atomic E-state index is 14.1. The molecule has 0 radical (unpaired) electrons. The van der Waals surface area contributed by atoms with E-state index in [4.69, 9.17) is 19.4 Å². The number of ether oxygens (including phenoxy) is 2. The topological polar surface area (TPSA) is 62.8 Å². The second-order valence-corrected chi connectivity index (χ2v) is 9.38. The van der Waals surface area contributed by atoms with Crippen LogP contribution >= 0.6 is 0 Å². The normalized spacial score (nSPS) is 16.3. The first-order valence-corrected chi connectivity index (χ1v) is 12.7. The van der Waals surface area contributed by atoms with E-state index in [1.54, 1.807) is 6.07 Å². The van der Waals surface area contributed by atoms with Gasteiger partial charge >= 0.3 is 0 Å². The highest BCUT2D eigenvalue weighted by Crippen LogP contribution is 2.38. The van der Waals surface area contributed by atoms with Crippen LogP contribution < -0.4 is 15.1 Å². The molecule has 2 aromatic carbocycles. The van der Waals surface area contributed by atoms with Crippen LogP contribution in [0.25, 0.3) is 22.2 Å². The predicted molar refractivity (Wildman–Crippen MR) is 145 cm³/mol. The Morgan fingerprint density at radius 3 is 2.35 bits per heavy atom. The zero-order chi connectivity index (χ0) is 25.2. The Kier molecular flexibility index (Phi) is 6.59. The van der Waals surface area contributed by atoms with Gasteiger partial charge in [0.15, 0.2) is 5.82 Å². The van der Waals surface area contributed by atoms with Crippen molar-refractivity contribution in [3.63, 3.8) is 0 Å². The van der Waals surface area contributed by atoms with Crippen molar-refractivity contribution in [3.05, 3.63) is 72.2 Å². The summed E-state index contributed by atoms with van der Waals surface area (Å²) in [6.07, 6.45) is 1.96. The second-order valence-electron chi connectivity index (χ2n) is 9.38. The van der Waals surface area contributed by atoms with E-state index in [0.29, 0.717) is 26.4 Å². The number of hydrogen-bond acceptors (Lipinski definition) is 7. The van der Waals surface area contributed by atoms with Crippen molar-refractivity contribution in [1.82, 2.24) is 9.97 Å². The molecule has 2 aliphatic heterocycles. The van der Waals surface area contributed by atoms with Crippen LogP contribution in [0.1, 0.15) is 5.56 Å². The van der Waals surface area contributed by atoms with Crippen LogP contribution in [0.5, 0.6) is 0 Å². The van der Waals surface area contributed by atoms with Gasteiger partial charge in [-0.3, -0.25) is 0 Å². The van der Waals surface area contributed by atoms with Gasteiger partial charge < -0.3 is 24.6 Å². The molecule has 0 amide bonds. The quantitative estimate of drug-likeness (QED) is 0.407. The van der Waals surface area contributed by atoms with Gasteiger partial charge in [0, 0.05) is 37.1 Å². The Balaban J connectivity index is 1.49. The lowest BCUT2D eigenvalue weighted by atomic mass is 10.0. The summed E-state index contributed by atoms with van der Waals surface area (Å²) in [7, 11) is 0. The van der Waals surface area contributed by atoms with Crippen LogP contribution in [0.15, 0.2) is 60.8 Å². The van der Waals surface area contributed by atoms with E-state index in [2.05, 4.69) is 27.2 Å². The fourth-order valence-electron chi connectivity index (χ4n) is 5.08. The maximum atomic E-state index is 14.1. The third-order valence-corrected chi connectivity index (χ3v) is 7.03. The molecule has 8 heteroatoms. The van der Waals surface area contributed by atoms with Crippen molar-refractivity contribution in [3.8, 4) is 11.3 Å². The van der Waals surface area contributed by atoms with Gasteiger partial charge in [0.25, 0.3) is 0 Å². The summed E-state index contributed by atoms with van der Waals surface area (Å²) >= 11 is 0. The van der Waals surface area contributed by atoms with Crippen LogP contribution in [-0.4, -0.2) is 62.6 Å². The zero-order valence-electron chi connectivity index (χ0n) is 20.9. The van der Waals surface area contributed by atoms with E-state index in [1.165, 1.54) is 12.1 Å². The summed E-state index contributed by atoms with van der Waals surface area (Å²) in [5.41, 5.74) is 6.24. The van der Waals surface area contributed by atoms with Crippen LogP contribution in [0.3, 0.4) is 0 Å². The highest BCUT2D eigenvalue weighted by molar-refractivity contribution is 5.98. The molecule has 0 bridgehead atoms. The summed E-state index contributed by atoms with van der Waals surface area (Å²) in [6, 6.07) is 16.8. The van der Waals surface area contributed by atoms with Gasteiger partial charge in [-0.25, -0.2) is 14.4 Å². The smallest absolute Gasteiger partial charge is 0.152 e. The van der Waals surface area contributed by atoms with Gasteiger partial charge in [-0.2, -0.15) is 0 Å². The first-order valence-electron chi connectivity index (χ1n) is 12.7. The highest BCUT2D eigenvalue weighted by atomic mass is 19.1. The molecule has 0 atom stereocenters. The van der Waals surface area contributed by atoms with Crippen molar-refractivity contribution < 1.29 is 13.9 Å². The van der Waals surface area contributed by atoms with Gasteiger partial charge in [-0.05, 0) is 36.8 Å². The molecule has 2 aliphatic rings. The fourth-order valence-corrected chi connectivity index (χ4v) is 5.08. The SMILES string of the molecule is Cc1c(-c2cccc(F)c2)nc2ccccc2c1Nc1cc(N2CCOCC2)cnc1N1CCOCC1. The number of fused-ring (bicyclic) bond motifs is 1. The van der Waals surface area contributed by atoms with Gasteiger partial charge in [-0.1, -0.05) is 30.3 Å². The van der Waals surface area contributed by atoms with Gasteiger partial charge in [-0.15, -0.1) is 0 Å². The number of rotatable bonds is 5. The Bertz CT molecular complexity index is 1420. The number of aromatic nitrogens is 2. The number of nitrogens with one attached hydrogen (secondary N) is 1. The number of hydrogen-bond donors (Lipinski definition) is 1. The number of pyridine rings is 2. The molecule has 6 rings (SSSR count). The lowest BCUT2D eigenvalue weighted by Crippen LogP contribution is -2.38. The average molecular weight is 500 g/mol. The largest absolute Gasteiger partial charge is 0.378 e. The molecular formula is C29H30FN5O2. The minimum atomic E-state index is -0.279. The minimum Gasteiger partial charge on any atom is -0.378 e. The molecule has 2 fully saturated rings. The van der Waals surface area contributed by atoms with Crippen molar-refractivity contribution in [2.45, 2.75) is 6.92 Å². The maximum Gasteiger partial charge on any atom is 0.152 e. The fraction of sp³-hybridized carbons (Fsp3) is 0.310. The lowest BCUT2D eigenvalue weighted by molar-refractivity contribution is 0.122. The van der Waals surface area contributed by atoms with Crippen molar-refractivity contribution in [2.24, 2.45) is 0 Å². The number of halogens is 1. The third kappa shape index (κ3) is 4.82. The number of morpholine rings is 2. The third-order valence-electron chi connectivity index (χ3n) is 7.03. The van der Waals surface area contributed by atoms with Crippen LogP contribution in [0.2, 0.25) is 0 Å². The zero-order valence-corrected chi connectivity index (χ0v) is 20.9. The lowest BCUT2D eigenvalue weighted by Gasteiger charge is -2.32. The Hall–Kier alpha value is -3.75. The van der Waals surface area contributed by atoms with E-state index in [-0.39, 0.29) is 5.82 Å². The van der Waals surface area contributed by atoms with Crippen LogP contribution in [-0.2, 0) is 9.47 Å². The minimum absolute atomic E-state index is 0.279. The number of anilines is 4. The molecule has 2 aromatic heterocycles. The molecule has 190 valence electrons. The Labute approximate surface area is 215 Å². The standard InChI is InChI=1S/C29H30FN5O2/c1-20-27(21-5-4-6-22(30)17-21)32-25-8-3-2-7-24(25)28(20)33-26-18-23(34-9-13-36-14-10-34)19-31-29(26)35-11-15-37-16-12-35/h2-8,17-19H,9-16H2,1H3,(H,32,33). The van der Waals surface area contributed by atoms with Crippen LogP contribution in [0.4, 0.5) is 27.3 Å². The summed E-state index contributed by atoms with van der Waals surface area (Å²) in [4.78, 5) is 14.4. The van der Waals surface area contributed by atoms with E-state index < -0.39 is 0 Å². The van der Waals surface area contributed by atoms with E-state index in [9.17, 15) is 4.39 Å². The molecule has 1 N–H and O–H groups in total. The highest BCUT2D eigenvalue weighted by Gasteiger charge is 2.21. The number of para-hydroxylation sites is 1. The number of benzene rings is 2. The molecule has 4 heterocycles. The molecule has 0 unspecified atom stereocenters. The molecular weight excluding hydrogens is 469 g/mol. The average Bonchev–Trinajstić information content (AvgIpc) is 2.95. The molecule has 2 saturated heterocycles. The van der Waals surface area contributed by atoms with E-state index in [1.807, 2.05) is 37.4 Å². The molecule has 0 aliphatic carbocycles. The van der Waals surface area contributed by atoms with E-state index >= 15 is 0 Å². The summed E-state index contributed by atoms with van der Waals surface area (Å²) in [5, 5.41) is 4.75. The summed E-state index contributed by atoms with van der Waals surface area (Å²) in [5.74, 6) is 0.617. The predicted octanol–water partition coefficient (Wildman–Crippen LogP) is 5.16. The second kappa shape index (κ2) is 10.3. The van der Waals surface area contributed by atoms with Crippen molar-refractivity contribution in [1.29, 1.82) is 0 Å². The first kappa shape index (κ1) is 23.6. The van der Waals surface area contributed by atoms with Gasteiger partial charge in [0.2, 0.25) is 0 Å². The molecule has 7 nitrogen and oxygen atoms in total. The molecule has 4 aromatic rings. The molecule has 0 spiro atoms. The van der Waals surface area contributed by atoms with E-state index in [0.717, 1.165) is 76.8 Å². The summed E-state index contributed by atoms with van der Waals surface area (Å²) < 4.78 is 25.3. The monoisotopic (exact) mass is 499 g/mol. The number of nitrogens with zero attached hydrogens (tertiary/aromatic N) is 4. The molecule has 37 heavy (non-hydrogen) atoms. The Morgan fingerprint density at radius 2 is 1.59 bits per heavy atom. The summed E-state index contributed by atoms with van der Waals surface area (Å²) in [6.45, 7) is 8.03. The Morgan fingerprint density at radius 1 is 0.865 bits per heavy atom. The van der Waals surface area contributed by atoms with Gasteiger partial charge in [0.05, 0.1) is 60.9 Å². The van der Waals surface area contributed by atoms with Crippen molar-refractivity contribution in [2.75, 3.05) is 67.7 Å². The van der Waals surface area contributed by atoms with Crippen LogP contribution in [0, 0.1) is 12.7 Å². The van der Waals surface area contributed by atoms with Gasteiger partial charge in [0.1, 0.15) is 5.82 Å². The first-order chi connectivity index (χ1) is 18.2. The molecule has 0 saturated carbocycles. The van der Waals surface area contributed by atoms with Crippen molar-refractivity contribution >= 4 is 33.8 Å².